The van der Waals surface area contributed by atoms with Gasteiger partial charge < -0.3 is 24.6 Å². The summed E-state index contributed by atoms with van der Waals surface area (Å²) in [6, 6.07) is 14.7. The van der Waals surface area contributed by atoms with Crippen LogP contribution in [-0.4, -0.2) is 59.7 Å². The Balaban J connectivity index is 0.000000312. The number of ether oxygens (including phenoxy) is 2. The molecule has 2 aliphatic rings. The van der Waals surface area contributed by atoms with Gasteiger partial charge in [-0.1, -0.05) is 78.9 Å². The summed E-state index contributed by atoms with van der Waals surface area (Å²) in [5.74, 6) is 0. The topological polar surface area (TPSA) is 62.2 Å². The second kappa shape index (κ2) is 18.6. The van der Waals surface area contributed by atoms with Crippen molar-refractivity contribution >= 4 is 5.70 Å². The van der Waals surface area contributed by atoms with Crippen LogP contribution in [-0.2, 0) is 15.9 Å². The second-order valence-electron chi connectivity index (χ2n) is 11.7. The first-order chi connectivity index (χ1) is 21.3. The fraction of sp³-hybridized carbons (Fsp3) is 0.436. The summed E-state index contributed by atoms with van der Waals surface area (Å²) in [5, 5.41) is 20.9. The van der Waals surface area contributed by atoms with Crippen LogP contribution in [0.1, 0.15) is 72.9 Å². The molecular weight excluding hydrogens is 546 g/mol. The number of nitrogens with zero attached hydrogens (tertiary/aromatic N) is 1. The van der Waals surface area contributed by atoms with E-state index in [-0.39, 0.29) is 6.10 Å². The van der Waals surface area contributed by atoms with E-state index in [9.17, 15) is 10.2 Å². The van der Waals surface area contributed by atoms with Crippen LogP contribution >= 0.6 is 0 Å². The average molecular weight is 600 g/mol. The van der Waals surface area contributed by atoms with Crippen molar-refractivity contribution in [2.75, 3.05) is 26.3 Å². The lowest BCUT2D eigenvalue weighted by molar-refractivity contribution is -0.170. The molecule has 0 spiro atoms. The van der Waals surface area contributed by atoms with Crippen LogP contribution in [0.15, 0.2) is 98.2 Å². The van der Waals surface area contributed by atoms with Crippen LogP contribution in [0.5, 0.6) is 0 Å². The van der Waals surface area contributed by atoms with Crippen molar-refractivity contribution in [3.05, 3.63) is 126 Å². The molecule has 4 rings (SSSR count). The standard InChI is InChI=1S/C26H36O4.C13H17N/c1-5-8-11-20(12-9-15-29-7-3)16-22-17-21(14-13-19(22)4)26-25(28)24(27)18-23(30-26)10-6-2;1-11-6-5-7-13(10-11)12(2)14-8-3-4-9-14/h5-6,9,11-14,17,23-28H,1-2,7-8,10,15-16,18H2,3-4H3;5-7,10H,2-4,8-9H2,1H3/b12-9-,20-11+;. The van der Waals surface area contributed by atoms with Gasteiger partial charge in [-0.05, 0) is 86.8 Å². The molecule has 2 aliphatic heterocycles. The van der Waals surface area contributed by atoms with E-state index in [1.165, 1.54) is 59.5 Å². The zero-order chi connectivity index (χ0) is 31.9. The highest BCUT2D eigenvalue weighted by Crippen LogP contribution is 2.34. The number of likely N-dealkylation sites (tertiary alicyclic amines) is 1. The lowest BCUT2D eigenvalue weighted by Gasteiger charge is -2.37. The summed E-state index contributed by atoms with van der Waals surface area (Å²) in [4.78, 5) is 2.38. The molecule has 0 radical (unpaired) electrons. The van der Waals surface area contributed by atoms with E-state index in [0.717, 1.165) is 18.4 Å². The van der Waals surface area contributed by atoms with Crippen molar-refractivity contribution in [1.29, 1.82) is 0 Å². The van der Waals surface area contributed by atoms with E-state index in [4.69, 9.17) is 9.47 Å². The quantitative estimate of drug-likeness (QED) is 0.140. The summed E-state index contributed by atoms with van der Waals surface area (Å²) < 4.78 is 11.5. The molecule has 2 aromatic rings. The smallest absolute Gasteiger partial charge is 0.111 e. The zero-order valence-electron chi connectivity index (χ0n) is 27.1. The Bertz CT molecular complexity index is 1270. The summed E-state index contributed by atoms with van der Waals surface area (Å²) in [5.41, 5.74) is 8.18. The number of aryl methyl sites for hydroxylation is 2. The third-order valence-corrected chi connectivity index (χ3v) is 8.21. The molecule has 2 aromatic carbocycles. The molecule has 0 bridgehead atoms. The van der Waals surface area contributed by atoms with Gasteiger partial charge in [-0.25, -0.2) is 0 Å². The molecule has 2 saturated heterocycles. The highest BCUT2D eigenvalue weighted by molar-refractivity contribution is 5.62. The largest absolute Gasteiger partial charge is 0.390 e. The molecule has 2 heterocycles. The van der Waals surface area contributed by atoms with Gasteiger partial charge >= 0.3 is 0 Å². The molecule has 2 N–H and O–H groups in total. The fourth-order valence-corrected chi connectivity index (χ4v) is 5.66. The Morgan fingerprint density at radius 1 is 1.07 bits per heavy atom. The third-order valence-electron chi connectivity index (χ3n) is 8.21. The molecule has 4 unspecified atom stereocenters. The molecule has 5 heteroatoms. The Hall–Kier alpha value is -3.22. The van der Waals surface area contributed by atoms with Crippen LogP contribution in [0.3, 0.4) is 0 Å². The van der Waals surface area contributed by atoms with Crippen molar-refractivity contribution in [3.63, 3.8) is 0 Å². The predicted octanol–water partition coefficient (Wildman–Crippen LogP) is 7.82. The number of rotatable bonds is 13. The first-order valence-corrected chi connectivity index (χ1v) is 16.0. The highest BCUT2D eigenvalue weighted by Gasteiger charge is 2.37. The van der Waals surface area contributed by atoms with Gasteiger partial charge in [-0.15, -0.1) is 13.2 Å². The lowest BCUT2D eigenvalue weighted by Crippen LogP contribution is -2.43. The van der Waals surface area contributed by atoms with Gasteiger partial charge in [0.2, 0.25) is 0 Å². The van der Waals surface area contributed by atoms with Gasteiger partial charge in [-0.3, -0.25) is 0 Å². The van der Waals surface area contributed by atoms with Crippen molar-refractivity contribution in [1.82, 2.24) is 4.90 Å². The molecule has 0 aliphatic carbocycles. The van der Waals surface area contributed by atoms with E-state index in [1.54, 1.807) is 6.08 Å². The van der Waals surface area contributed by atoms with E-state index >= 15 is 0 Å². The number of aliphatic hydroxyl groups is 2. The van der Waals surface area contributed by atoms with E-state index in [2.05, 4.69) is 87.0 Å². The third kappa shape index (κ3) is 10.7. The molecular formula is C39H53NO4. The zero-order valence-corrected chi connectivity index (χ0v) is 27.1. The maximum absolute atomic E-state index is 10.6. The van der Waals surface area contributed by atoms with Crippen LogP contribution in [0, 0.1) is 13.8 Å². The van der Waals surface area contributed by atoms with Crippen molar-refractivity contribution in [2.45, 2.75) is 83.7 Å². The summed E-state index contributed by atoms with van der Waals surface area (Å²) in [6.45, 7) is 21.6. The Labute approximate surface area is 265 Å². The maximum atomic E-state index is 10.6. The van der Waals surface area contributed by atoms with Gasteiger partial charge in [-0.2, -0.15) is 0 Å². The summed E-state index contributed by atoms with van der Waals surface area (Å²) >= 11 is 0. The van der Waals surface area contributed by atoms with Gasteiger partial charge in [0.25, 0.3) is 0 Å². The molecule has 44 heavy (non-hydrogen) atoms. The molecule has 0 amide bonds. The van der Waals surface area contributed by atoms with Crippen LogP contribution in [0.25, 0.3) is 5.70 Å². The van der Waals surface area contributed by atoms with Crippen LogP contribution in [0.4, 0.5) is 0 Å². The normalized spacial score (nSPS) is 22.0. The molecule has 2 fully saturated rings. The first-order valence-electron chi connectivity index (χ1n) is 16.0. The minimum atomic E-state index is -0.941. The lowest BCUT2D eigenvalue weighted by atomic mass is 9.89. The van der Waals surface area contributed by atoms with Gasteiger partial charge in [0.15, 0.2) is 0 Å². The average Bonchev–Trinajstić information content (AvgIpc) is 3.56. The SMILES string of the molecule is C=C(c1cccc(C)c1)N1CCCC1.C=CC/C=C(\C=C/COCC)Cc1cc(C2OC(CC=C)CC(O)C2O)ccc1C. The Morgan fingerprint density at radius 3 is 2.52 bits per heavy atom. The maximum Gasteiger partial charge on any atom is 0.111 e. The van der Waals surface area contributed by atoms with E-state index < -0.39 is 18.3 Å². The van der Waals surface area contributed by atoms with Gasteiger partial charge in [0.05, 0.1) is 18.8 Å². The fourth-order valence-electron chi connectivity index (χ4n) is 5.66. The number of aliphatic hydroxyl groups excluding tert-OH is 2. The van der Waals surface area contributed by atoms with E-state index in [0.29, 0.717) is 26.1 Å². The minimum absolute atomic E-state index is 0.139. The highest BCUT2D eigenvalue weighted by atomic mass is 16.5. The molecule has 4 atom stereocenters. The number of hydrogen-bond acceptors (Lipinski definition) is 5. The molecule has 5 nitrogen and oxygen atoms in total. The number of allylic oxidation sites excluding steroid dienone is 4. The van der Waals surface area contributed by atoms with E-state index in [1.807, 2.05) is 25.1 Å². The van der Waals surface area contributed by atoms with Crippen LogP contribution < -0.4 is 0 Å². The molecule has 0 saturated carbocycles. The molecule has 238 valence electrons. The van der Waals surface area contributed by atoms with Gasteiger partial charge in [0, 0.05) is 31.8 Å². The number of hydrogen-bond donors (Lipinski definition) is 2. The van der Waals surface area contributed by atoms with Crippen molar-refractivity contribution < 1.29 is 19.7 Å². The van der Waals surface area contributed by atoms with Crippen molar-refractivity contribution in [3.8, 4) is 0 Å². The summed E-state index contributed by atoms with van der Waals surface area (Å²) in [7, 11) is 0. The second-order valence-corrected chi connectivity index (χ2v) is 11.7. The van der Waals surface area contributed by atoms with Crippen molar-refractivity contribution in [2.24, 2.45) is 0 Å². The predicted molar refractivity (Wildman–Crippen MR) is 183 cm³/mol. The first kappa shape index (κ1) is 35.3. The number of benzene rings is 2. The Morgan fingerprint density at radius 2 is 1.84 bits per heavy atom. The minimum Gasteiger partial charge on any atom is -0.390 e. The monoisotopic (exact) mass is 599 g/mol. The Kier molecular flexibility index (Phi) is 14.9. The van der Waals surface area contributed by atoms with Gasteiger partial charge in [0.1, 0.15) is 12.2 Å². The molecule has 0 aromatic heterocycles. The van der Waals surface area contributed by atoms with Crippen LogP contribution in [0.2, 0.25) is 0 Å². The summed E-state index contributed by atoms with van der Waals surface area (Å²) in [6.07, 6.45) is 12.8.